The number of nitrogens with zero attached hydrogens (tertiary/aromatic N) is 4. The van der Waals surface area contributed by atoms with Crippen LogP contribution >= 0.6 is 0 Å². The zero-order chi connectivity index (χ0) is 27.0. The van der Waals surface area contributed by atoms with E-state index in [2.05, 4.69) is 55.8 Å². The van der Waals surface area contributed by atoms with Crippen LogP contribution in [0.2, 0.25) is 0 Å². The van der Waals surface area contributed by atoms with E-state index in [1.807, 2.05) is 11.1 Å². The maximum atomic E-state index is 13.9. The third kappa shape index (κ3) is 5.78. The molecule has 2 aromatic rings. The van der Waals surface area contributed by atoms with Gasteiger partial charge in [-0.15, -0.1) is 0 Å². The number of hydrogen-bond donors (Lipinski definition) is 1. The maximum absolute atomic E-state index is 13.9. The summed E-state index contributed by atoms with van der Waals surface area (Å²) in [6.07, 6.45) is 2.53. The first kappa shape index (κ1) is 27.2. The summed E-state index contributed by atoms with van der Waals surface area (Å²) in [5, 5.41) is 3.63. The molecule has 1 aromatic carbocycles. The number of nitrogens with one attached hydrogen (secondary N) is 1. The molecule has 3 aliphatic heterocycles. The molecule has 1 N–H and O–H groups in total. The number of carbonyl (C=O) groups is 1. The number of piperazine rings is 1. The zero-order valence-corrected chi connectivity index (χ0v) is 23.4. The molecule has 0 spiro atoms. The number of hydrogen-bond acceptors (Lipinski definition) is 6. The highest BCUT2D eigenvalue weighted by atomic mass is 19.1. The smallest absolute Gasteiger partial charge is 0.241 e. The van der Waals surface area contributed by atoms with Gasteiger partial charge in [-0.1, -0.05) is 26.0 Å². The Kier molecular flexibility index (Phi) is 7.87. The number of ether oxygens (including phenoxy) is 1. The van der Waals surface area contributed by atoms with Crippen LogP contribution in [0.4, 0.5) is 10.1 Å². The van der Waals surface area contributed by atoms with Gasteiger partial charge in [0.25, 0.3) is 0 Å². The predicted molar refractivity (Wildman–Crippen MR) is 148 cm³/mol. The number of aromatic nitrogens is 1. The van der Waals surface area contributed by atoms with E-state index in [9.17, 15) is 9.18 Å². The van der Waals surface area contributed by atoms with Gasteiger partial charge in [-0.3, -0.25) is 19.6 Å². The third-order valence-corrected chi connectivity index (χ3v) is 8.45. The Morgan fingerprint density at radius 2 is 1.87 bits per heavy atom. The first-order valence-corrected chi connectivity index (χ1v) is 14.0. The molecule has 0 saturated carbocycles. The van der Waals surface area contributed by atoms with Crippen LogP contribution in [0, 0.1) is 5.82 Å². The summed E-state index contributed by atoms with van der Waals surface area (Å²) in [5.41, 5.74) is 3.78. The highest BCUT2D eigenvalue weighted by molar-refractivity contribution is 5.97. The van der Waals surface area contributed by atoms with E-state index in [1.165, 1.54) is 12.1 Å². The van der Waals surface area contributed by atoms with Crippen molar-refractivity contribution in [2.45, 2.75) is 70.6 Å². The first-order valence-electron chi connectivity index (χ1n) is 14.0. The molecule has 4 atom stereocenters. The fraction of sp³-hybridized carbons (Fsp3) is 0.600. The Morgan fingerprint density at radius 1 is 1.16 bits per heavy atom. The van der Waals surface area contributed by atoms with Crippen molar-refractivity contribution in [1.82, 2.24) is 20.1 Å². The largest absolute Gasteiger partial charge is 0.378 e. The molecule has 0 radical (unpaired) electrons. The van der Waals surface area contributed by atoms with Crippen molar-refractivity contribution in [1.29, 1.82) is 0 Å². The van der Waals surface area contributed by atoms with E-state index in [0.29, 0.717) is 37.6 Å². The van der Waals surface area contributed by atoms with Gasteiger partial charge in [0.1, 0.15) is 5.82 Å². The Labute approximate surface area is 226 Å². The molecule has 2 fully saturated rings. The summed E-state index contributed by atoms with van der Waals surface area (Å²) in [5.74, 6) is -0.106. The number of amides is 1. The van der Waals surface area contributed by atoms with Crippen molar-refractivity contribution in [3.05, 3.63) is 59.2 Å². The fourth-order valence-corrected chi connectivity index (χ4v) is 6.23. The van der Waals surface area contributed by atoms with E-state index in [4.69, 9.17) is 9.72 Å². The van der Waals surface area contributed by atoms with Crippen molar-refractivity contribution in [3.63, 3.8) is 0 Å². The molecule has 0 bridgehead atoms. The summed E-state index contributed by atoms with van der Waals surface area (Å²) >= 11 is 0. The number of halogens is 1. The number of morpholine rings is 1. The minimum absolute atomic E-state index is 0.137. The van der Waals surface area contributed by atoms with Crippen molar-refractivity contribution in [3.8, 4) is 0 Å². The first-order chi connectivity index (χ1) is 18.1. The number of pyridine rings is 1. The molecule has 1 amide bonds. The minimum atomic E-state index is -0.243. The van der Waals surface area contributed by atoms with Crippen LogP contribution in [0.25, 0.3) is 0 Å². The predicted octanol–water partition coefficient (Wildman–Crippen LogP) is 3.21. The molecule has 4 heterocycles. The lowest BCUT2D eigenvalue weighted by atomic mass is 9.88. The van der Waals surface area contributed by atoms with Crippen LogP contribution < -0.4 is 10.2 Å². The second-order valence-corrected chi connectivity index (χ2v) is 12.2. The summed E-state index contributed by atoms with van der Waals surface area (Å²) in [6, 6.07) is 9.93. The topological polar surface area (TPSA) is 60.9 Å². The Balaban J connectivity index is 1.33. The highest BCUT2D eigenvalue weighted by Gasteiger charge is 2.40. The molecule has 206 valence electrons. The monoisotopic (exact) mass is 523 g/mol. The molecule has 7 nitrogen and oxygen atoms in total. The van der Waals surface area contributed by atoms with E-state index in [1.54, 1.807) is 12.1 Å². The summed E-state index contributed by atoms with van der Waals surface area (Å²) < 4.78 is 19.1. The van der Waals surface area contributed by atoms with Crippen LogP contribution in [0.15, 0.2) is 36.5 Å². The van der Waals surface area contributed by atoms with E-state index >= 15 is 0 Å². The molecule has 1 aromatic heterocycles. The number of carbonyl (C=O) groups excluding carboxylic acids is 1. The van der Waals surface area contributed by atoms with Gasteiger partial charge in [0.05, 0.1) is 25.4 Å². The molecular formula is C30H42FN5O2. The lowest BCUT2D eigenvalue weighted by Crippen LogP contribution is -2.63. The van der Waals surface area contributed by atoms with Crippen LogP contribution in [-0.2, 0) is 21.4 Å². The van der Waals surface area contributed by atoms with Gasteiger partial charge >= 0.3 is 0 Å². The summed E-state index contributed by atoms with van der Waals surface area (Å²) in [4.78, 5) is 25.5. The maximum Gasteiger partial charge on any atom is 0.241 e. The average Bonchev–Trinajstić information content (AvgIpc) is 3.14. The van der Waals surface area contributed by atoms with Gasteiger partial charge in [-0.25, -0.2) is 4.39 Å². The molecule has 5 rings (SSSR count). The average molecular weight is 524 g/mol. The van der Waals surface area contributed by atoms with Crippen LogP contribution in [0.3, 0.4) is 0 Å². The van der Waals surface area contributed by atoms with Gasteiger partial charge in [-0.2, -0.15) is 0 Å². The van der Waals surface area contributed by atoms with Gasteiger partial charge < -0.3 is 15.0 Å². The Bertz CT molecular complexity index is 1130. The summed E-state index contributed by atoms with van der Waals surface area (Å²) in [6.45, 7) is 16.2. The minimum Gasteiger partial charge on any atom is -0.378 e. The van der Waals surface area contributed by atoms with Crippen LogP contribution in [0.5, 0.6) is 0 Å². The SMILES string of the molecule is C[C@@H]1CN(CC(=O)N2CC(C)(C)c3cnc(Cc4ccc(F)cc4)cc32)[C@@H](CN2[C@H](C)COC[C@H]2C)CN1. The van der Waals surface area contributed by atoms with Crippen molar-refractivity contribution < 1.29 is 13.9 Å². The Hall–Kier alpha value is -2.39. The molecule has 2 saturated heterocycles. The standard InChI is InChI=1S/C30H42FN5O2/c1-20-14-34(26(12-32-20)15-35-21(2)17-38-18-22(35)3)16-29(37)36-19-30(4,5)27-13-33-25(11-28(27)36)10-23-6-8-24(31)9-7-23/h6-9,11,13,20-22,26,32H,10,12,14-19H2,1-5H3/t20-,21-,22-,26-/m1/s1. The normalized spacial score (nSPS) is 27.9. The third-order valence-electron chi connectivity index (χ3n) is 8.45. The number of anilines is 1. The van der Waals surface area contributed by atoms with Crippen molar-refractivity contribution >= 4 is 11.6 Å². The molecule has 3 aliphatic rings. The number of fused-ring (bicyclic) bond motifs is 1. The van der Waals surface area contributed by atoms with E-state index < -0.39 is 0 Å². The van der Waals surface area contributed by atoms with Crippen LogP contribution in [0.1, 0.15) is 51.4 Å². The quantitative estimate of drug-likeness (QED) is 0.628. The van der Waals surface area contributed by atoms with Gasteiger partial charge in [0, 0.05) is 79.6 Å². The molecule has 38 heavy (non-hydrogen) atoms. The van der Waals surface area contributed by atoms with E-state index in [-0.39, 0.29) is 23.2 Å². The molecular weight excluding hydrogens is 481 g/mol. The fourth-order valence-electron chi connectivity index (χ4n) is 6.23. The lowest BCUT2D eigenvalue weighted by Gasteiger charge is -2.46. The van der Waals surface area contributed by atoms with E-state index in [0.717, 1.165) is 55.4 Å². The summed E-state index contributed by atoms with van der Waals surface area (Å²) in [7, 11) is 0. The molecule has 8 heteroatoms. The van der Waals surface area contributed by atoms with Crippen LogP contribution in [-0.4, -0.2) is 90.8 Å². The number of rotatable bonds is 6. The lowest BCUT2D eigenvalue weighted by molar-refractivity contribution is -0.121. The highest BCUT2D eigenvalue weighted by Crippen LogP contribution is 2.40. The van der Waals surface area contributed by atoms with Crippen molar-refractivity contribution in [2.24, 2.45) is 0 Å². The van der Waals surface area contributed by atoms with Gasteiger partial charge in [-0.05, 0) is 44.5 Å². The Morgan fingerprint density at radius 3 is 2.58 bits per heavy atom. The number of benzene rings is 1. The van der Waals surface area contributed by atoms with Crippen molar-refractivity contribution in [2.75, 3.05) is 50.8 Å². The molecule has 0 aliphatic carbocycles. The second-order valence-electron chi connectivity index (χ2n) is 12.2. The molecule has 0 unspecified atom stereocenters. The second kappa shape index (κ2) is 11.0. The van der Waals surface area contributed by atoms with Gasteiger partial charge in [0.2, 0.25) is 5.91 Å². The van der Waals surface area contributed by atoms with Gasteiger partial charge in [0.15, 0.2) is 0 Å². The zero-order valence-electron chi connectivity index (χ0n) is 23.4.